The van der Waals surface area contributed by atoms with Crippen LogP contribution in [0.4, 0.5) is 5.13 Å². The van der Waals surface area contributed by atoms with Crippen LogP contribution in [0.1, 0.15) is 42.8 Å². The molecular weight excluding hydrogens is 455 g/mol. The van der Waals surface area contributed by atoms with E-state index in [1.54, 1.807) is 6.92 Å². The van der Waals surface area contributed by atoms with Crippen molar-refractivity contribution in [3.8, 4) is 0 Å². The number of H-pyrrole nitrogens is 1. The average molecular weight is 475 g/mol. The first-order valence-electron chi connectivity index (χ1n) is 8.86. The van der Waals surface area contributed by atoms with Gasteiger partial charge in [-0.3, -0.25) is 14.4 Å². The third-order valence-corrected chi connectivity index (χ3v) is 6.88. The van der Waals surface area contributed by atoms with Crippen molar-refractivity contribution in [1.29, 1.82) is 0 Å². The Labute approximate surface area is 185 Å². The van der Waals surface area contributed by atoms with Crippen LogP contribution in [0.5, 0.6) is 0 Å². The molecule has 10 nitrogen and oxygen atoms in total. The summed E-state index contributed by atoms with van der Waals surface area (Å²) in [6.45, 7) is 2.58. The van der Waals surface area contributed by atoms with E-state index in [9.17, 15) is 14.4 Å². The van der Waals surface area contributed by atoms with Crippen molar-refractivity contribution < 1.29 is 19.1 Å². The minimum absolute atomic E-state index is 0.00975. The summed E-state index contributed by atoms with van der Waals surface area (Å²) in [5, 5.41) is 3.81. The number of methoxy groups -OCH3 is 1. The number of carbonyl (C=O) groups excluding carboxylic acids is 3. The highest BCUT2D eigenvalue weighted by atomic mass is 35.5. The lowest BCUT2D eigenvalue weighted by molar-refractivity contribution is 0.0540. The molecule has 0 radical (unpaired) electrons. The van der Waals surface area contributed by atoms with Crippen molar-refractivity contribution in [1.82, 2.24) is 15.3 Å². The number of primary amides is 2. The smallest absolute Gasteiger partial charge is 0.269 e. The number of amides is 3. The molecule has 3 amide bonds. The number of rotatable bonds is 6. The number of halogens is 2. The molecule has 3 rings (SSSR count). The molecule has 1 fully saturated rings. The van der Waals surface area contributed by atoms with Gasteiger partial charge in [-0.15, -0.1) is 0 Å². The molecular formula is C17H20Cl2N6O4S. The van der Waals surface area contributed by atoms with E-state index in [1.165, 1.54) is 7.11 Å². The first-order chi connectivity index (χ1) is 14.1. The van der Waals surface area contributed by atoms with Gasteiger partial charge in [0.05, 0.1) is 22.2 Å². The molecule has 162 valence electrons. The molecule has 0 aromatic carbocycles. The molecule has 0 aliphatic carbocycles. The van der Waals surface area contributed by atoms with Crippen LogP contribution in [0.3, 0.4) is 0 Å². The lowest BCUT2D eigenvalue weighted by Crippen LogP contribution is -2.55. The number of aromatic nitrogens is 2. The normalized spacial score (nSPS) is 19.0. The number of hydrogen-bond acceptors (Lipinski definition) is 7. The third-order valence-electron chi connectivity index (χ3n) is 4.80. The number of piperidine rings is 1. The maximum atomic E-state index is 12.6. The molecule has 30 heavy (non-hydrogen) atoms. The lowest BCUT2D eigenvalue weighted by Gasteiger charge is -2.37. The number of nitrogens with zero attached hydrogens (tertiary/aromatic N) is 2. The van der Waals surface area contributed by atoms with Crippen molar-refractivity contribution in [3.05, 3.63) is 32.0 Å². The zero-order valence-electron chi connectivity index (χ0n) is 16.1. The molecule has 2 aromatic rings. The molecule has 3 heterocycles. The van der Waals surface area contributed by atoms with Crippen molar-refractivity contribution >= 4 is 57.4 Å². The summed E-state index contributed by atoms with van der Waals surface area (Å²) in [6, 6.07) is -0.302. The molecule has 13 heteroatoms. The number of thiazole rings is 1. The summed E-state index contributed by atoms with van der Waals surface area (Å²) in [6.07, 6.45) is 0.137. The van der Waals surface area contributed by atoms with Crippen LogP contribution in [0.25, 0.3) is 0 Å². The topological polar surface area (TPSA) is 156 Å². The second kappa shape index (κ2) is 8.80. The van der Waals surface area contributed by atoms with Crippen molar-refractivity contribution in [3.63, 3.8) is 0 Å². The summed E-state index contributed by atoms with van der Waals surface area (Å²) in [4.78, 5) is 44.7. The van der Waals surface area contributed by atoms with Gasteiger partial charge < -0.3 is 31.4 Å². The van der Waals surface area contributed by atoms with Crippen LogP contribution in [0, 0.1) is 6.92 Å². The van der Waals surface area contributed by atoms with Crippen LogP contribution in [-0.2, 0) is 4.74 Å². The molecule has 2 aromatic heterocycles. The second-order valence-electron chi connectivity index (χ2n) is 6.74. The molecule has 0 saturated carbocycles. The van der Waals surface area contributed by atoms with Crippen molar-refractivity contribution in [2.24, 2.45) is 11.5 Å². The van der Waals surface area contributed by atoms with E-state index in [0.29, 0.717) is 35.4 Å². The summed E-state index contributed by atoms with van der Waals surface area (Å²) < 4.78 is 5.55. The van der Waals surface area contributed by atoms with Gasteiger partial charge in [0, 0.05) is 25.9 Å². The third kappa shape index (κ3) is 4.24. The van der Waals surface area contributed by atoms with Gasteiger partial charge in [-0.2, -0.15) is 0 Å². The van der Waals surface area contributed by atoms with E-state index in [2.05, 4.69) is 15.3 Å². The first kappa shape index (κ1) is 22.3. The Morgan fingerprint density at radius 2 is 1.97 bits per heavy atom. The quantitative estimate of drug-likeness (QED) is 0.494. The van der Waals surface area contributed by atoms with E-state index in [1.807, 2.05) is 4.90 Å². The molecule has 6 N–H and O–H groups in total. The predicted molar refractivity (Wildman–Crippen MR) is 114 cm³/mol. The van der Waals surface area contributed by atoms with Gasteiger partial charge in [-0.1, -0.05) is 34.5 Å². The largest absolute Gasteiger partial charge is 0.377 e. The van der Waals surface area contributed by atoms with Gasteiger partial charge in [0.2, 0.25) is 0 Å². The van der Waals surface area contributed by atoms with Gasteiger partial charge >= 0.3 is 0 Å². The second-order valence-corrected chi connectivity index (χ2v) is 8.48. The lowest BCUT2D eigenvalue weighted by atomic mass is 10.0. The zero-order valence-corrected chi connectivity index (χ0v) is 18.5. The fourth-order valence-corrected chi connectivity index (χ4v) is 4.62. The SMILES string of the molecule is COC1CN(c2nc(C(N)=O)c(C(N)=O)s2)CCC1NC(=O)c1[nH]c(C)c(Cl)c1Cl. The van der Waals surface area contributed by atoms with E-state index in [0.717, 1.165) is 11.3 Å². The number of nitrogens with two attached hydrogens (primary N) is 2. The van der Waals surface area contributed by atoms with Gasteiger partial charge in [-0.05, 0) is 13.3 Å². The van der Waals surface area contributed by atoms with Crippen LogP contribution in [0.2, 0.25) is 10.0 Å². The highest BCUT2D eigenvalue weighted by Gasteiger charge is 2.34. The van der Waals surface area contributed by atoms with Gasteiger partial charge in [0.15, 0.2) is 10.8 Å². The van der Waals surface area contributed by atoms with Crippen LogP contribution in [0.15, 0.2) is 0 Å². The Morgan fingerprint density at radius 3 is 2.47 bits per heavy atom. The van der Waals surface area contributed by atoms with E-state index < -0.39 is 17.7 Å². The number of aryl methyl sites for hydroxylation is 1. The number of aromatic amines is 1. The molecule has 1 aliphatic heterocycles. The number of hydrogen-bond donors (Lipinski definition) is 4. The predicted octanol–water partition coefficient (Wildman–Crippen LogP) is 1.31. The Balaban J connectivity index is 1.74. The maximum absolute atomic E-state index is 12.6. The monoisotopic (exact) mass is 474 g/mol. The standard InChI is InChI=1S/C17H20Cl2N6O4S/c1-6-9(18)10(19)11(22-6)16(28)23-7-3-4-25(5-8(7)29-2)17-24-12(14(20)26)13(30-17)15(21)27/h7-8,22H,3-5H2,1-2H3,(H2,20,26)(H2,21,27)(H,23,28). The number of nitrogens with one attached hydrogen (secondary N) is 2. The van der Waals surface area contributed by atoms with Gasteiger partial charge in [0.1, 0.15) is 10.6 Å². The summed E-state index contributed by atoms with van der Waals surface area (Å²) in [5.41, 5.74) is 11.2. The van der Waals surface area contributed by atoms with Crippen LogP contribution < -0.4 is 21.7 Å². The Hall–Kier alpha value is -2.34. The summed E-state index contributed by atoms with van der Waals surface area (Å²) >= 11 is 13.2. The Morgan fingerprint density at radius 1 is 1.27 bits per heavy atom. The van der Waals surface area contributed by atoms with Gasteiger partial charge in [0.25, 0.3) is 17.7 Å². The number of anilines is 1. The van der Waals surface area contributed by atoms with Crippen molar-refractivity contribution in [2.45, 2.75) is 25.5 Å². The highest BCUT2D eigenvalue weighted by Crippen LogP contribution is 2.31. The number of ether oxygens (including phenoxy) is 1. The fourth-order valence-electron chi connectivity index (χ4n) is 3.24. The zero-order chi connectivity index (χ0) is 22.2. The number of carbonyl (C=O) groups is 3. The molecule has 1 saturated heterocycles. The minimum atomic E-state index is -0.825. The van der Waals surface area contributed by atoms with E-state index in [4.69, 9.17) is 39.4 Å². The van der Waals surface area contributed by atoms with E-state index >= 15 is 0 Å². The maximum Gasteiger partial charge on any atom is 0.269 e. The highest BCUT2D eigenvalue weighted by molar-refractivity contribution is 7.17. The fraction of sp³-hybridized carbons (Fsp3) is 0.412. The first-order valence-corrected chi connectivity index (χ1v) is 10.4. The van der Waals surface area contributed by atoms with Crippen molar-refractivity contribution in [2.75, 3.05) is 25.1 Å². The molecule has 0 bridgehead atoms. The molecule has 2 atom stereocenters. The van der Waals surface area contributed by atoms with E-state index in [-0.39, 0.29) is 33.4 Å². The average Bonchev–Trinajstić information content (AvgIpc) is 3.26. The Bertz CT molecular complexity index is 975. The van der Waals surface area contributed by atoms with Crippen LogP contribution in [-0.4, -0.2) is 60.0 Å². The molecule has 0 spiro atoms. The van der Waals surface area contributed by atoms with Gasteiger partial charge in [-0.25, -0.2) is 4.98 Å². The Kier molecular flexibility index (Phi) is 6.56. The molecule has 2 unspecified atom stereocenters. The molecule has 1 aliphatic rings. The minimum Gasteiger partial charge on any atom is -0.377 e. The summed E-state index contributed by atoms with van der Waals surface area (Å²) in [7, 11) is 1.53. The van der Waals surface area contributed by atoms with Crippen LogP contribution >= 0.6 is 34.5 Å². The summed E-state index contributed by atoms with van der Waals surface area (Å²) in [5.74, 6) is -1.99.